The molecule has 0 atom stereocenters. The van der Waals surface area contributed by atoms with E-state index in [2.05, 4.69) is 84.4 Å². The van der Waals surface area contributed by atoms with Gasteiger partial charge >= 0.3 is 0 Å². The van der Waals surface area contributed by atoms with Crippen LogP contribution in [0, 0.1) is 0 Å². The minimum Gasteiger partial charge on any atom is -0.256 e. The van der Waals surface area contributed by atoms with Crippen molar-refractivity contribution >= 4 is 15.9 Å². The fraction of sp³-hybridized carbons (Fsp3) is 0.452. The fourth-order valence-electron chi connectivity index (χ4n) is 5.79. The second-order valence-corrected chi connectivity index (χ2v) is 10.2. The van der Waals surface area contributed by atoms with Crippen molar-refractivity contribution in [1.29, 1.82) is 0 Å². The van der Waals surface area contributed by atoms with E-state index in [9.17, 15) is 0 Å². The van der Waals surface area contributed by atoms with Gasteiger partial charge in [0.15, 0.2) is 0 Å². The van der Waals surface area contributed by atoms with Crippen molar-refractivity contribution in [3.8, 4) is 22.4 Å². The number of fused-ring (bicyclic) bond motifs is 3. The average Bonchev–Trinajstić information content (AvgIpc) is 3.15. The molecular weight excluding hydrogens is 466 g/mol. The van der Waals surface area contributed by atoms with Crippen molar-refractivity contribution in [2.75, 3.05) is 0 Å². The average molecular weight is 505 g/mol. The number of nitrogens with zero attached hydrogens (tertiary/aromatic N) is 1. The molecule has 4 rings (SSSR count). The third-order valence-electron chi connectivity index (χ3n) is 7.45. The van der Waals surface area contributed by atoms with Crippen LogP contribution in [0.1, 0.15) is 94.7 Å². The van der Waals surface area contributed by atoms with E-state index in [0.717, 1.165) is 11.0 Å². The number of aromatic nitrogens is 1. The number of rotatable bonds is 12. The first-order valence-corrected chi connectivity index (χ1v) is 14.1. The lowest BCUT2D eigenvalue weighted by molar-refractivity contribution is 0.401. The van der Waals surface area contributed by atoms with E-state index in [4.69, 9.17) is 4.98 Å². The second-order valence-electron chi connectivity index (χ2n) is 9.66. The molecule has 1 aromatic heterocycles. The summed E-state index contributed by atoms with van der Waals surface area (Å²) in [6.07, 6.45) is 15.0. The van der Waals surface area contributed by atoms with E-state index in [1.165, 1.54) is 86.5 Å². The summed E-state index contributed by atoms with van der Waals surface area (Å²) in [6.45, 7) is 4.61. The Balaban J connectivity index is 1.84. The highest BCUT2D eigenvalue weighted by Gasteiger charge is 2.43. The predicted molar refractivity (Wildman–Crippen MR) is 146 cm³/mol. The lowest BCUT2D eigenvalue weighted by atomic mass is 9.69. The normalized spacial score (nSPS) is 13.7. The summed E-state index contributed by atoms with van der Waals surface area (Å²) in [4.78, 5) is 4.92. The highest BCUT2D eigenvalue weighted by atomic mass is 79.9. The molecule has 1 aliphatic carbocycles. The predicted octanol–water partition coefficient (Wildman–Crippen LogP) is 9.85. The molecule has 0 saturated heterocycles. The molecule has 174 valence electrons. The Bertz CT molecular complexity index is 1030. The van der Waals surface area contributed by atoms with Crippen LogP contribution in [0.5, 0.6) is 0 Å². The summed E-state index contributed by atoms with van der Waals surface area (Å²) in [5, 5.41) is 0.845. The number of benzene rings is 2. The van der Waals surface area contributed by atoms with E-state index < -0.39 is 0 Å². The molecule has 1 aliphatic rings. The Hall–Kier alpha value is -1.93. The molecule has 1 heterocycles. The molecule has 0 N–H and O–H groups in total. The first-order valence-electron chi connectivity index (χ1n) is 13.0. The van der Waals surface area contributed by atoms with E-state index in [1.807, 2.05) is 6.20 Å². The minimum atomic E-state index is 0.0970. The van der Waals surface area contributed by atoms with Crippen LogP contribution in [0.25, 0.3) is 22.4 Å². The summed E-state index contributed by atoms with van der Waals surface area (Å²) < 4.78 is 0. The zero-order valence-corrected chi connectivity index (χ0v) is 22.0. The molecule has 3 aromatic rings. The molecule has 33 heavy (non-hydrogen) atoms. The van der Waals surface area contributed by atoms with Crippen molar-refractivity contribution in [3.05, 3.63) is 77.5 Å². The first-order chi connectivity index (χ1) is 16.2. The number of pyridine rings is 1. The van der Waals surface area contributed by atoms with Crippen molar-refractivity contribution < 1.29 is 0 Å². The van der Waals surface area contributed by atoms with E-state index in [0.29, 0.717) is 0 Å². The van der Waals surface area contributed by atoms with Crippen LogP contribution in [-0.2, 0) is 10.7 Å². The van der Waals surface area contributed by atoms with Crippen LogP contribution in [-0.4, -0.2) is 4.98 Å². The van der Waals surface area contributed by atoms with Gasteiger partial charge < -0.3 is 0 Å². The quantitative estimate of drug-likeness (QED) is 0.177. The van der Waals surface area contributed by atoms with Gasteiger partial charge in [0.1, 0.15) is 0 Å². The third kappa shape index (κ3) is 4.97. The first kappa shape index (κ1) is 24.2. The molecule has 0 saturated carbocycles. The number of hydrogen-bond acceptors (Lipinski definition) is 1. The van der Waals surface area contributed by atoms with Gasteiger partial charge in [-0.15, -0.1) is 0 Å². The summed E-state index contributed by atoms with van der Waals surface area (Å²) in [6, 6.07) is 20.5. The summed E-state index contributed by atoms with van der Waals surface area (Å²) in [5.41, 5.74) is 9.72. The molecule has 0 amide bonds. The molecule has 2 heteroatoms. The van der Waals surface area contributed by atoms with Crippen LogP contribution in [0.3, 0.4) is 0 Å². The molecule has 1 nitrogen and oxygen atoms in total. The molecule has 0 unspecified atom stereocenters. The van der Waals surface area contributed by atoms with Crippen molar-refractivity contribution in [1.82, 2.24) is 4.98 Å². The van der Waals surface area contributed by atoms with Crippen LogP contribution in [0.4, 0.5) is 0 Å². The maximum atomic E-state index is 4.92. The number of halogens is 1. The molecular formula is C31H38BrN. The van der Waals surface area contributed by atoms with Gasteiger partial charge in [0.2, 0.25) is 0 Å². The summed E-state index contributed by atoms with van der Waals surface area (Å²) in [5.74, 6) is 0. The standard InChI is InChI=1S/C31H38BrN/c1-3-5-7-11-20-31(21-12-8-6-4-2)28-17-10-9-14-25(28)26-15-13-16-27(30(26)31)29-19-18-24(22-32)23-33-29/h9-10,13-19,23H,3-8,11-12,20-22H2,1-2H3. The van der Waals surface area contributed by atoms with E-state index >= 15 is 0 Å². The van der Waals surface area contributed by atoms with E-state index in [-0.39, 0.29) is 5.41 Å². The Kier molecular flexibility index (Phi) is 8.41. The fourth-order valence-corrected chi connectivity index (χ4v) is 6.12. The largest absolute Gasteiger partial charge is 0.256 e. The number of hydrogen-bond donors (Lipinski definition) is 0. The summed E-state index contributed by atoms with van der Waals surface area (Å²) >= 11 is 3.57. The van der Waals surface area contributed by atoms with Gasteiger partial charge in [0.25, 0.3) is 0 Å². The second kappa shape index (κ2) is 11.5. The lowest BCUT2D eigenvalue weighted by Crippen LogP contribution is -2.26. The monoisotopic (exact) mass is 503 g/mol. The molecule has 0 spiro atoms. The van der Waals surface area contributed by atoms with E-state index in [1.54, 1.807) is 11.1 Å². The van der Waals surface area contributed by atoms with Gasteiger partial charge in [0.05, 0.1) is 5.69 Å². The maximum absolute atomic E-state index is 4.92. The van der Waals surface area contributed by atoms with Gasteiger partial charge in [-0.2, -0.15) is 0 Å². The molecule has 0 bridgehead atoms. The molecule has 0 aliphatic heterocycles. The Morgan fingerprint density at radius 3 is 2.00 bits per heavy atom. The highest BCUT2D eigenvalue weighted by Crippen LogP contribution is 2.56. The zero-order valence-electron chi connectivity index (χ0n) is 20.4. The lowest BCUT2D eigenvalue weighted by Gasteiger charge is -2.34. The van der Waals surface area contributed by atoms with Gasteiger partial charge in [0, 0.05) is 22.5 Å². The van der Waals surface area contributed by atoms with Gasteiger partial charge in [-0.25, -0.2) is 0 Å². The SMILES string of the molecule is CCCCCCC1(CCCCCC)c2ccccc2-c2cccc(-c3ccc(CBr)cn3)c21. The Morgan fingerprint density at radius 2 is 1.36 bits per heavy atom. The number of unbranched alkanes of at least 4 members (excludes halogenated alkanes) is 6. The van der Waals surface area contributed by atoms with Gasteiger partial charge in [-0.1, -0.05) is 130 Å². The zero-order chi connectivity index (χ0) is 23.1. The van der Waals surface area contributed by atoms with Crippen molar-refractivity contribution in [3.63, 3.8) is 0 Å². The van der Waals surface area contributed by atoms with Crippen molar-refractivity contribution in [2.45, 2.75) is 88.8 Å². The topological polar surface area (TPSA) is 12.9 Å². The highest BCUT2D eigenvalue weighted by molar-refractivity contribution is 9.08. The third-order valence-corrected chi connectivity index (χ3v) is 8.09. The molecule has 0 fully saturated rings. The maximum Gasteiger partial charge on any atom is 0.0705 e. The van der Waals surface area contributed by atoms with Gasteiger partial charge in [-0.3, -0.25) is 4.98 Å². The Morgan fingerprint density at radius 1 is 0.697 bits per heavy atom. The van der Waals surface area contributed by atoms with Crippen LogP contribution >= 0.6 is 15.9 Å². The van der Waals surface area contributed by atoms with Crippen LogP contribution in [0.2, 0.25) is 0 Å². The van der Waals surface area contributed by atoms with Crippen molar-refractivity contribution in [2.24, 2.45) is 0 Å². The van der Waals surface area contributed by atoms with Gasteiger partial charge in [-0.05, 0) is 46.7 Å². The number of alkyl halides is 1. The minimum absolute atomic E-state index is 0.0970. The Labute approximate surface area is 209 Å². The van der Waals surface area contributed by atoms with Crippen LogP contribution in [0.15, 0.2) is 60.8 Å². The summed E-state index contributed by atoms with van der Waals surface area (Å²) in [7, 11) is 0. The van der Waals surface area contributed by atoms with Crippen LogP contribution < -0.4 is 0 Å². The molecule has 2 aromatic carbocycles. The molecule has 0 radical (unpaired) electrons. The smallest absolute Gasteiger partial charge is 0.0705 e.